The average molecular weight is 407 g/mol. The van der Waals surface area contributed by atoms with Crippen molar-refractivity contribution >= 4 is 17.5 Å². The molecule has 0 bridgehead atoms. The predicted octanol–water partition coefficient (Wildman–Crippen LogP) is 3.38. The first-order valence-corrected chi connectivity index (χ1v) is 9.53. The van der Waals surface area contributed by atoms with Crippen LogP contribution < -0.4 is 9.47 Å². The Morgan fingerprint density at radius 3 is 2.43 bits per heavy atom. The van der Waals surface area contributed by atoms with Crippen LogP contribution in [0.3, 0.4) is 0 Å². The number of ether oxygens (including phenoxy) is 2. The number of piperazine rings is 1. The fraction of sp³-hybridized carbons (Fsp3) is 0.381. The van der Waals surface area contributed by atoms with Gasteiger partial charge in [-0.05, 0) is 35.9 Å². The molecule has 1 heterocycles. The zero-order valence-electron chi connectivity index (χ0n) is 16.1. The van der Waals surface area contributed by atoms with Crippen LogP contribution in [0.15, 0.2) is 36.4 Å². The summed E-state index contributed by atoms with van der Waals surface area (Å²) in [6.07, 6.45) is 0.268. The zero-order valence-corrected chi connectivity index (χ0v) is 16.8. The second-order valence-corrected chi connectivity index (χ2v) is 7.15. The van der Waals surface area contributed by atoms with Gasteiger partial charge in [-0.3, -0.25) is 9.69 Å². The molecule has 1 amide bonds. The number of amides is 1. The summed E-state index contributed by atoms with van der Waals surface area (Å²) in [6, 6.07) is 9.92. The van der Waals surface area contributed by atoms with E-state index in [2.05, 4.69) is 4.90 Å². The Morgan fingerprint density at radius 1 is 1.04 bits per heavy atom. The van der Waals surface area contributed by atoms with E-state index in [0.29, 0.717) is 36.2 Å². The number of halogens is 2. The minimum absolute atomic E-state index is 0.0611. The van der Waals surface area contributed by atoms with Gasteiger partial charge in [-0.2, -0.15) is 0 Å². The molecule has 0 aliphatic carbocycles. The Balaban J connectivity index is 1.57. The van der Waals surface area contributed by atoms with Crippen molar-refractivity contribution in [2.75, 3.05) is 40.4 Å². The lowest BCUT2D eigenvalue weighted by Crippen LogP contribution is -2.48. The molecular weight excluding hydrogens is 383 g/mol. The molecule has 1 fully saturated rings. The average Bonchev–Trinajstić information content (AvgIpc) is 2.70. The molecule has 2 aromatic rings. The molecule has 0 radical (unpaired) electrons. The van der Waals surface area contributed by atoms with Gasteiger partial charge in [-0.15, -0.1) is 0 Å². The normalized spacial score (nSPS) is 14.8. The van der Waals surface area contributed by atoms with Crippen LogP contribution in [0.1, 0.15) is 11.1 Å². The first-order valence-electron chi connectivity index (χ1n) is 9.15. The van der Waals surface area contributed by atoms with Crippen LogP contribution in [-0.2, 0) is 17.8 Å². The van der Waals surface area contributed by atoms with E-state index in [9.17, 15) is 9.18 Å². The predicted molar refractivity (Wildman–Crippen MR) is 107 cm³/mol. The van der Waals surface area contributed by atoms with Gasteiger partial charge in [-0.1, -0.05) is 17.7 Å². The van der Waals surface area contributed by atoms with Crippen molar-refractivity contribution in [1.29, 1.82) is 0 Å². The fourth-order valence-corrected chi connectivity index (χ4v) is 3.57. The quantitative estimate of drug-likeness (QED) is 0.737. The molecule has 0 saturated carbocycles. The Morgan fingerprint density at radius 2 is 1.79 bits per heavy atom. The number of methoxy groups -OCH3 is 2. The smallest absolute Gasteiger partial charge is 0.227 e. The summed E-state index contributed by atoms with van der Waals surface area (Å²) >= 11 is 6.12. The number of carbonyl (C=O) groups is 1. The summed E-state index contributed by atoms with van der Waals surface area (Å²) in [6.45, 7) is 3.42. The van der Waals surface area contributed by atoms with Gasteiger partial charge in [-0.25, -0.2) is 4.39 Å². The van der Waals surface area contributed by atoms with Gasteiger partial charge in [0.2, 0.25) is 5.91 Å². The summed E-state index contributed by atoms with van der Waals surface area (Å²) < 4.78 is 23.8. The van der Waals surface area contributed by atoms with Gasteiger partial charge in [0.1, 0.15) is 17.3 Å². The van der Waals surface area contributed by atoms with Crippen molar-refractivity contribution in [3.05, 3.63) is 58.4 Å². The molecule has 0 atom stereocenters. The molecule has 2 aromatic carbocycles. The van der Waals surface area contributed by atoms with Crippen molar-refractivity contribution < 1.29 is 18.7 Å². The zero-order chi connectivity index (χ0) is 20.1. The molecule has 1 aliphatic heterocycles. The molecule has 7 heteroatoms. The van der Waals surface area contributed by atoms with E-state index < -0.39 is 0 Å². The van der Waals surface area contributed by atoms with Gasteiger partial charge in [0.15, 0.2) is 0 Å². The highest BCUT2D eigenvalue weighted by Gasteiger charge is 2.23. The largest absolute Gasteiger partial charge is 0.497 e. The monoisotopic (exact) mass is 406 g/mol. The standard InChI is InChI=1S/C21H24ClFN2O3/c1-27-18-5-6-20(28-2)16(11-18)12-21(26)25-9-7-24(8-10-25)14-15-3-4-17(23)13-19(15)22/h3-6,11,13H,7-10,12,14H2,1-2H3. The Labute approximate surface area is 169 Å². The third-order valence-corrected chi connectivity index (χ3v) is 5.32. The Bertz CT molecular complexity index is 838. The van der Waals surface area contributed by atoms with Crippen LogP contribution in [-0.4, -0.2) is 56.1 Å². The highest BCUT2D eigenvalue weighted by Crippen LogP contribution is 2.25. The minimum Gasteiger partial charge on any atom is -0.497 e. The highest BCUT2D eigenvalue weighted by molar-refractivity contribution is 6.31. The maximum absolute atomic E-state index is 13.2. The molecule has 0 aromatic heterocycles. The van der Waals surface area contributed by atoms with Crippen LogP contribution in [0.2, 0.25) is 5.02 Å². The summed E-state index contributed by atoms with van der Waals surface area (Å²) in [4.78, 5) is 16.8. The van der Waals surface area contributed by atoms with Crippen molar-refractivity contribution in [2.45, 2.75) is 13.0 Å². The molecule has 150 valence electrons. The summed E-state index contributed by atoms with van der Waals surface area (Å²) in [7, 11) is 3.19. The Hall–Kier alpha value is -2.31. The lowest BCUT2D eigenvalue weighted by atomic mass is 10.1. The van der Waals surface area contributed by atoms with E-state index in [-0.39, 0.29) is 18.1 Å². The Kier molecular flexibility index (Phi) is 6.75. The number of hydrogen-bond donors (Lipinski definition) is 0. The van der Waals surface area contributed by atoms with Crippen LogP contribution in [0.25, 0.3) is 0 Å². The lowest BCUT2D eigenvalue weighted by Gasteiger charge is -2.35. The highest BCUT2D eigenvalue weighted by atomic mass is 35.5. The van der Waals surface area contributed by atoms with E-state index in [4.69, 9.17) is 21.1 Å². The maximum Gasteiger partial charge on any atom is 0.227 e. The number of carbonyl (C=O) groups excluding carboxylic acids is 1. The fourth-order valence-electron chi connectivity index (χ4n) is 3.34. The van der Waals surface area contributed by atoms with Gasteiger partial charge in [0.25, 0.3) is 0 Å². The van der Waals surface area contributed by atoms with Gasteiger partial charge in [0.05, 0.1) is 20.6 Å². The molecule has 28 heavy (non-hydrogen) atoms. The summed E-state index contributed by atoms with van der Waals surface area (Å²) in [5.41, 5.74) is 1.70. The molecule has 1 saturated heterocycles. The first kappa shape index (κ1) is 20.4. The first-order chi connectivity index (χ1) is 13.5. The number of benzene rings is 2. The number of hydrogen-bond acceptors (Lipinski definition) is 4. The third-order valence-electron chi connectivity index (χ3n) is 4.96. The minimum atomic E-state index is -0.336. The summed E-state index contributed by atoms with van der Waals surface area (Å²) in [5.74, 6) is 1.10. The van der Waals surface area contributed by atoms with Crippen molar-refractivity contribution in [3.8, 4) is 11.5 Å². The van der Waals surface area contributed by atoms with E-state index in [0.717, 1.165) is 24.2 Å². The van der Waals surface area contributed by atoms with Crippen LogP contribution in [0.4, 0.5) is 4.39 Å². The SMILES string of the molecule is COc1ccc(OC)c(CC(=O)N2CCN(Cc3ccc(F)cc3Cl)CC2)c1. The second kappa shape index (κ2) is 9.26. The molecular formula is C21H24ClFN2O3. The van der Waals surface area contributed by atoms with Crippen molar-refractivity contribution in [2.24, 2.45) is 0 Å². The molecule has 0 unspecified atom stereocenters. The molecule has 1 aliphatic rings. The number of nitrogens with zero attached hydrogens (tertiary/aromatic N) is 2. The van der Waals surface area contributed by atoms with Gasteiger partial charge in [0, 0.05) is 43.3 Å². The van der Waals surface area contributed by atoms with Crippen molar-refractivity contribution in [3.63, 3.8) is 0 Å². The molecule has 0 spiro atoms. The van der Waals surface area contributed by atoms with Gasteiger partial charge < -0.3 is 14.4 Å². The van der Waals surface area contributed by atoms with Gasteiger partial charge >= 0.3 is 0 Å². The molecule has 3 rings (SSSR count). The molecule has 5 nitrogen and oxygen atoms in total. The maximum atomic E-state index is 13.2. The van der Waals surface area contributed by atoms with E-state index >= 15 is 0 Å². The molecule has 0 N–H and O–H groups in total. The van der Waals surface area contributed by atoms with E-state index in [1.54, 1.807) is 20.3 Å². The lowest BCUT2D eigenvalue weighted by molar-refractivity contribution is -0.132. The third kappa shape index (κ3) is 4.94. The van der Waals surface area contributed by atoms with Crippen LogP contribution in [0.5, 0.6) is 11.5 Å². The second-order valence-electron chi connectivity index (χ2n) is 6.75. The van der Waals surface area contributed by atoms with E-state index in [1.165, 1.54) is 12.1 Å². The van der Waals surface area contributed by atoms with Crippen molar-refractivity contribution in [1.82, 2.24) is 9.80 Å². The summed E-state index contributed by atoms with van der Waals surface area (Å²) in [5, 5.41) is 0.434. The number of rotatable bonds is 6. The topological polar surface area (TPSA) is 42.0 Å². The van der Waals surface area contributed by atoms with Crippen LogP contribution >= 0.6 is 11.6 Å². The van der Waals surface area contributed by atoms with Crippen LogP contribution in [0, 0.1) is 5.82 Å². The van der Waals surface area contributed by atoms with E-state index in [1.807, 2.05) is 23.1 Å².